The minimum absolute atomic E-state index is 0.0544. The Balaban J connectivity index is 0.000000488. The van der Waals surface area contributed by atoms with E-state index in [4.69, 9.17) is 52.3 Å². The molecule has 0 aromatic heterocycles. The number of anilines is 2. The first-order valence-corrected chi connectivity index (χ1v) is 14.9. The van der Waals surface area contributed by atoms with Gasteiger partial charge in [0.15, 0.2) is 2.74 Å². The molecule has 0 radical (unpaired) electrons. The van der Waals surface area contributed by atoms with Crippen LogP contribution in [0.5, 0.6) is 11.5 Å². The lowest BCUT2D eigenvalue weighted by atomic mass is 10.1. The predicted octanol–water partition coefficient (Wildman–Crippen LogP) is -3.94. The molecule has 2 aliphatic rings. The summed E-state index contributed by atoms with van der Waals surface area (Å²) < 4.78 is 43.7. The maximum atomic E-state index is 11.9. The number of rotatable bonds is 11. The summed E-state index contributed by atoms with van der Waals surface area (Å²) in [4.78, 5) is 65.4. The highest BCUT2D eigenvalue weighted by Gasteiger charge is 2.40. The van der Waals surface area contributed by atoms with Crippen molar-refractivity contribution in [3.05, 3.63) is 47.5 Å². The molecule has 2 saturated heterocycles. The molecule has 2 unspecified atom stereocenters. The number of hydrogen-bond acceptors (Lipinski definition) is 21. The topological polar surface area (TPSA) is 360 Å². The molecule has 53 heavy (non-hydrogen) atoms. The summed E-state index contributed by atoms with van der Waals surface area (Å²) in [5.74, 6) is -0.0693. The van der Waals surface area contributed by atoms with Crippen molar-refractivity contribution in [2.45, 2.75) is 68.8 Å². The van der Waals surface area contributed by atoms with Crippen LogP contribution in [0.25, 0.3) is 0 Å². The number of benzene rings is 2. The molecule has 0 bridgehead atoms. The monoisotopic (exact) mass is 759 g/mol. The van der Waals surface area contributed by atoms with Crippen molar-refractivity contribution in [3.63, 3.8) is 0 Å². The van der Waals surface area contributed by atoms with Gasteiger partial charge in [-0.1, -0.05) is 12.1 Å². The number of nitrogens with one attached hydrogen (secondary N) is 1. The fourth-order valence-corrected chi connectivity index (χ4v) is 4.25. The molecule has 0 spiro atoms. The van der Waals surface area contributed by atoms with Gasteiger partial charge in [-0.05, 0) is 35.4 Å². The zero-order chi connectivity index (χ0) is 41.7. The van der Waals surface area contributed by atoms with Gasteiger partial charge in [-0.25, -0.2) is 0 Å². The Hall–Kier alpha value is -5.35. The highest BCUT2D eigenvalue weighted by atomic mass is 16.7. The summed E-state index contributed by atoms with van der Waals surface area (Å²) in [6.07, 6.45) is -12.4. The highest BCUT2D eigenvalue weighted by molar-refractivity contribution is 5.92. The van der Waals surface area contributed by atoms with Crippen LogP contribution in [0.2, 0.25) is 0 Å². The van der Waals surface area contributed by atoms with E-state index in [-0.39, 0.29) is 74.6 Å². The summed E-state index contributed by atoms with van der Waals surface area (Å²) in [6, 6.07) is 8.97. The zero-order valence-corrected chi connectivity index (χ0v) is 27.5. The molecule has 292 valence electrons. The van der Waals surface area contributed by atoms with Gasteiger partial charge in [0.2, 0.25) is 18.5 Å². The second-order valence-corrected chi connectivity index (χ2v) is 10.4. The molecule has 2 aliphatic heterocycles. The van der Waals surface area contributed by atoms with Gasteiger partial charge in [0.25, 0.3) is 12.9 Å². The maximum absolute atomic E-state index is 11.9. The minimum atomic E-state index is -1.51. The van der Waals surface area contributed by atoms with E-state index >= 15 is 0 Å². The van der Waals surface area contributed by atoms with Gasteiger partial charge in [-0.2, -0.15) is 19.2 Å². The van der Waals surface area contributed by atoms with Crippen LogP contribution in [0.1, 0.15) is 20.3 Å². The van der Waals surface area contributed by atoms with Crippen molar-refractivity contribution in [2.24, 2.45) is 5.73 Å². The van der Waals surface area contributed by atoms with Crippen molar-refractivity contribution >= 4 is 42.5 Å². The number of carbonyl (C=O) groups excluding carboxylic acids is 7. The van der Waals surface area contributed by atoms with Crippen LogP contribution in [0.4, 0.5) is 11.4 Å². The normalized spacial score (nSPS) is 24.7. The standard InChI is InChI=1S/C16H22N2O8.C13H17NO7.2CO2/c17-4-3-13(21)18-10-5-9(6-24-8-19)1-2-12(10)26-16-15(23)14(22)11(20)7-25-16;14-8-3-7(4-19-6-15)1-2-10(8)21-13-12(18)11(17)9(16)5-20-13;2*2-1-3/h1-2,5,8,11,14-16,20,22-23H,3-4,6-7,17H2,(H,18,21);1-3,6,9,11-13,16-18H,4-5,14H2;;/t11-,14+,15-,16?;9-,11+,12-,13?;;/m11../s1/i8D;6D;;. The fourth-order valence-electron chi connectivity index (χ4n) is 4.25. The summed E-state index contributed by atoms with van der Waals surface area (Å²) in [6.45, 7) is -0.571. The molecule has 22 nitrogen and oxygen atoms in total. The van der Waals surface area contributed by atoms with E-state index in [0.29, 0.717) is 11.1 Å². The van der Waals surface area contributed by atoms with Gasteiger partial charge in [-0.15, -0.1) is 0 Å². The van der Waals surface area contributed by atoms with E-state index in [1.165, 1.54) is 30.3 Å². The number of aliphatic hydroxyl groups excluding tert-OH is 6. The molecular weight excluding hydrogens is 718 g/mol. The lowest BCUT2D eigenvalue weighted by Crippen LogP contribution is -2.54. The van der Waals surface area contributed by atoms with E-state index in [1.807, 2.05) is 0 Å². The number of nitrogen functional groups attached to an aromatic ring is 1. The van der Waals surface area contributed by atoms with Crippen molar-refractivity contribution < 1.29 is 95.4 Å². The molecule has 2 fully saturated rings. The zero-order valence-electron chi connectivity index (χ0n) is 29.5. The Labute approximate surface area is 302 Å². The first-order chi connectivity index (χ1) is 26.0. The lowest BCUT2D eigenvalue weighted by Gasteiger charge is -2.35. The molecule has 0 saturated carbocycles. The number of amides is 1. The van der Waals surface area contributed by atoms with E-state index < -0.39 is 68.0 Å². The molecule has 4 rings (SSSR count). The second kappa shape index (κ2) is 24.8. The Morgan fingerprint density at radius 1 is 0.792 bits per heavy atom. The fraction of sp³-hybridized carbons (Fsp3) is 0.452. The molecule has 0 aliphatic carbocycles. The van der Waals surface area contributed by atoms with Gasteiger partial charge in [-0.3, -0.25) is 14.4 Å². The van der Waals surface area contributed by atoms with E-state index in [0.717, 1.165) is 0 Å². The molecule has 2 aromatic rings. The summed E-state index contributed by atoms with van der Waals surface area (Å²) in [5, 5.41) is 60.5. The van der Waals surface area contributed by atoms with Crippen LogP contribution in [0.3, 0.4) is 0 Å². The predicted molar refractivity (Wildman–Crippen MR) is 168 cm³/mol. The van der Waals surface area contributed by atoms with E-state index in [2.05, 4.69) is 14.8 Å². The van der Waals surface area contributed by atoms with Crippen LogP contribution in [0, 0.1) is 0 Å². The first-order valence-electron chi connectivity index (χ1n) is 15.9. The minimum Gasteiger partial charge on any atom is -0.463 e. The van der Waals surface area contributed by atoms with Crippen LogP contribution in [-0.4, -0.2) is 131 Å². The Bertz CT molecular complexity index is 1600. The molecule has 1 amide bonds. The third kappa shape index (κ3) is 15.4. The van der Waals surface area contributed by atoms with Crippen LogP contribution in [-0.2, 0) is 65.7 Å². The summed E-state index contributed by atoms with van der Waals surface area (Å²) in [7, 11) is 0. The molecule has 2 heterocycles. The third-order valence-electron chi connectivity index (χ3n) is 6.75. The van der Waals surface area contributed by atoms with Gasteiger partial charge in [0.1, 0.15) is 61.3 Å². The molecule has 11 N–H and O–H groups in total. The number of aliphatic hydroxyl groups is 6. The number of ether oxygens (including phenoxy) is 6. The van der Waals surface area contributed by atoms with Gasteiger partial charge in [0.05, 0.1) is 24.6 Å². The number of nitrogens with two attached hydrogens (primary N) is 2. The summed E-state index contributed by atoms with van der Waals surface area (Å²) >= 11 is 0. The average Bonchev–Trinajstić information content (AvgIpc) is 3.13. The van der Waals surface area contributed by atoms with Crippen LogP contribution >= 0.6 is 0 Å². The van der Waals surface area contributed by atoms with E-state index in [1.54, 1.807) is 6.07 Å². The lowest BCUT2D eigenvalue weighted by molar-refractivity contribution is -0.241. The van der Waals surface area contributed by atoms with Gasteiger partial charge in [0, 0.05) is 13.0 Å². The molecule has 2 aromatic carbocycles. The smallest absolute Gasteiger partial charge is 0.373 e. The second-order valence-electron chi connectivity index (χ2n) is 10.4. The first kappa shape index (κ1) is 42.1. The summed E-state index contributed by atoms with van der Waals surface area (Å²) in [5.41, 5.74) is 12.6. The van der Waals surface area contributed by atoms with Crippen molar-refractivity contribution in [3.8, 4) is 11.5 Å². The quantitative estimate of drug-likeness (QED) is 0.0779. The third-order valence-corrected chi connectivity index (χ3v) is 6.75. The molecule has 22 heteroatoms. The maximum Gasteiger partial charge on any atom is 0.373 e. The van der Waals surface area contributed by atoms with Gasteiger partial charge >= 0.3 is 12.3 Å². The van der Waals surface area contributed by atoms with E-state index in [9.17, 15) is 45.0 Å². The molecule has 8 atom stereocenters. The van der Waals surface area contributed by atoms with Crippen molar-refractivity contribution in [1.29, 1.82) is 0 Å². The Kier molecular flexibility index (Phi) is 19.7. The van der Waals surface area contributed by atoms with Gasteiger partial charge < -0.3 is 75.8 Å². The largest absolute Gasteiger partial charge is 0.463 e. The van der Waals surface area contributed by atoms with Crippen molar-refractivity contribution in [2.75, 3.05) is 30.8 Å². The van der Waals surface area contributed by atoms with Crippen LogP contribution in [0.15, 0.2) is 36.4 Å². The number of carbonyl (C=O) groups is 3. The Morgan fingerprint density at radius 3 is 1.66 bits per heavy atom. The number of hydrogen-bond donors (Lipinski definition) is 9. The van der Waals surface area contributed by atoms with Crippen LogP contribution < -0.4 is 26.3 Å². The Morgan fingerprint density at radius 2 is 1.23 bits per heavy atom. The average molecular weight is 760 g/mol. The SMILES string of the molecule is O=C=O.O=C=O.[2H]C(=O)OCc1ccc(OC2OC[C@@H](O)[C@H](O)[C@H]2O)c(N)c1.[2H]C(=O)OCc1ccc(OC2OC[C@@H](O)[C@H](O)[C@H]2O)c(NC(=O)CCN)c1. The van der Waals surface area contributed by atoms with Crippen molar-refractivity contribution in [1.82, 2.24) is 0 Å². The highest BCUT2D eigenvalue weighted by Crippen LogP contribution is 2.30. The molecular formula is C31H39N3O19.